The first-order chi connectivity index (χ1) is 5.07. The third-order valence-corrected chi connectivity index (χ3v) is 2.82. The van der Waals surface area contributed by atoms with Crippen molar-refractivity contribution in [1.82, 2.24) is 0 Å². The molecule has 0 radical (unpaired) electrons. The fourth-order valence-electron chi connectivity index (χ4n) is 1.74. The van der Waals surface area contributed by atoms with Gasteiger partial charge in [0, 0.05) is 0 Å². The maximum absolute atomic E-state index is 11.0. The van der Waals surface area contributed by atoms with Gasteiger partial charge in [0.2, 0.25) is 5.91 Å². The van der Waals surface area contributed by atoms with Crippen molar-refractivity contribution in [3.63, 3.8) is 0 Å². The molecule has 11 heavy (non-hydrogen) atoms. The van der Waals surface area contributed by atoms with Crippen LogP contribution in [0.1, 0.15) is 32.6 Å². The predicted octanol–water partition coefficient (Wildman–Crippen LogP) is 0.379. The van der Waals surface area contributed by atoms with E-state index >= 15 is 0 Å². The van der Waals surface area contributed by atoms with Crippen molar-refractivity contribution in [2.45, 2.75) is 38.1 Å². The summed E-state index contributed by atoms with van der Waals surface area (Å²) in [5.41, 5.74) is 10.4. The molecular weight excluding hydrogens is 140 g/mol. The molecule has 1 aliphatic rings. The van der Waals surface area contributed by atoms with Crippen LogP contribution in [0.5, 0.6) is 0 Å². The summed E-state index contributed by atoms with van der Waals surface area (Å²) in [4.78, 5) is 11.0. The number of rotatable bonds is 1. The highest BCUT2D eigenvalue weighted by atomic mass is 16.1. The summed E-state index contributed by atoms with van der Waals surface area (Å²) in [6.45, 7) is 2.00. The van der Waals surface area contributed by atoms with E-state index in [4.69, 9.17) is 11.5 Å². The van der Waals surface area contributed by atoms with Crippen molar-refractivity contribution in [2.75, 3.05) is 0 Å². The topological polar surface area (TPSA) is 69.1 Å². The lowest BCUT2D eigenvalue weighted by Gasteiger charge is -2.36. The highest BCUT2D eigenvalue weighted by Gasteiger charge is 2.39. The average Bonchev–Trinajstić information content (AvgIpc) is 1.95. The van der Waals surface area contributed by atoms with Crippen LogP contribution < -0.4 is 11.5 Å². The maximum atomic E-state index is 11.0. The molecule has 0 aromatic heterocycles. The summed E-state index contributed by atoms with van der Waals surface area (Å²) in [5, 5.41) is 0. The molecule has 1 saturated carbocycles. The van der Waals surface area contributed by atoms with Gasteiger partial charge in [-0.05, 0) is 18.8 Å². The summed E-state index contributed by atoms with van der Waals surface area (Å²) in [6.07, 6.45) is 3.99. The monoisotopic (exact) mass is 156 g/mol. The summed E-state index contributed by atoms with van der Waals surface area (Å²) < 4.78 is 0. The first-order valence-corrected chi connectivity index (χ1v) is 4.16. The number of hydrogen-bond donors (Lipinski definition) is 2. The van der Waals surface area contributed by atoms with Gasteiger partial charge in [0.15, 0.2) is 0 Å². The molecule has 0 aromatic carbocycles. The minimum atomic E-state index is -0.724. The first kappa shape index (κ1) is 8.53. The van der Waals surface area contributed by atoms with Gasteiger partial charge in [0.25, 0.3) is 0 Å². The third kappa shape index (κ3) is 1.38. The second kappa shape index (κ2) is 2.81. The Hall–Kier alpha value is -0.570. The molecule has 0 saturated heterocycles. The number of carbonyl (C=O) groups excluding carboxylic acids is 1. The van der Waals surface area contributed by atoms with Crippen LogP contribution >= 0.6 is 0 Å². The Morgan fingerprint density at radius 1 is 1.55 bits per heavy atom. The zero-order chi connectivity index (χ0) is 8.48. The quantitative estimate of drug-likeness (QED) is 0.576. The van der Waals surface area contributed by atoms with Crippen LogP contribution in [0.25, 0.3) is 0 Å². The maximum Gasteiger partial charge on any atom is 0.237 e. The van der Waals surface area contributed by atoms with Gasteiger partial charge < -0.3 is 11.5 Å². The molecule has 4 N–H and O–H groups in total. The highest BCUT2D eigenvalue weighted by Crippen LogP contribution is 2.30. The molecular formula is C8H16N2O. The van der Waals surface area contributed by atoms with E-state index in [-0.39, 0.29) is 11.8 Å². The normalized spacial score (nSPS) is 38.5. The van der Waals surface area contributed by atoms with Gasteiger partial charge in [-0.25, -0.2) is 0 Å². The molecule has 0 aliphatic heterocycles. The summed E-state index contributed by atoms with van der Waals surface area (Å²) in [7, 11) is 0. The molecule has 1 rings (SSSR count). The summed E-state index contributed by atoms with van der Waals surface area (Å²) >= 11 is 0. The predicted molar refractivity (Wildman–Crippen MR) is 43.7 cm³/mol. The van der Waals surface area contributed by atoms with E-state index < -0.39 is 5.54 Å². The van der Waals surface area contributed by atoms with Crippen molar-refractivity contribution in [2.24, 2.45) is 17.4 Å². The molecule has 0 unspecified atom stereocenters. The Bertz CT molecular complexity index is 169. The molecule has 1 aliphatic carbocycles. The third-order valence-electron chi connectivity index (χ3n) is 2.82. The molecule has 3 heteroatoms. The standard InChI is InChI=1S/C8H16N2O/c1-6-4-2-3-5-8(6,10)7(9)11/h6H,2-5,10H2,1H3,(H2,9,11)/t6-,8-/m1/s1. The van der Waals surface area contributed by atoms with Crippen molar-refractivity contribution < 1.29 is 4.79 Å². The molecule has 0 spiro atoms. The fourth-order valence-corrected chi connectivity index (χ4v) is 1.74. The number of carbonyl (C=O) groups is 1. The lowest BCUT2D eigenvalue weighted by atomic mass is 9.74. The van der Waals surface area contributed by atoms with Gasteiger partial charge >= 0.3 is 0 Å². The second-order valence-corrected chi connectivity index (χ2v) is 3.55. The van der Waals surface area contributed by atoms with Crippen LogP contribution in [0.4, 0.5) is 0 Å². The molecule has 64 valence electrons. The molecule has 1 amide bonds. The van der Waals surface area contributed by atoms with E-state index in [1.54, 1.807) is 0 Å². The molecule has 1 fully saturated rings. The number of hydrogen-bond acceptors (Lipinski definition) is 2. The van der Waals surface area contributed by atoms with E-state index in [0.717, 1.165) is 19.3 Å². The SMILES string of the molecule is C[C@@H]1CCCC[C@]1(N)C(N)=O. The van der Waals surface area contributed by atoms with E-state index in [1.807, 2.05) is 6.92 Å². The lowest BCUT2D eigenvalue weighted by molar-refractivity contribution is -0.126. The summed E-state index contributed by atoms with van der Waals surface area (Å²) in [5.74, 6) is -0.0987. The van der Waals surface area contributed by atoms with Gasteiger partial charge in [-0.15, -0.1) is 0 Å². The Kier molecular flexibility index (Phi) is 2.18. The largest absolute Gasteiger partial charge is 0.368 e. The Morgan fingerprint density at radius 2 is 2.18 bits per heavy atom. The number of nitrogens with two attached hydrogens (primary N) is 2. The Morgan fingerprint density at radius 3 is 2.55 bits per heavy atom. The first-order valence-electron chi connectivity index (χ1n) is 4.16. The lowest BCUT2D eigenvalue weighted by Crippen LogP contribution is -2.57. The van der Waals surface area contributed by atoms with Crippen molar-refractivity contribution in [1.29, 1.82) is 0 Å². The zero-order valence-corrected chi connectivity index (χ0v) is 6.97. The van der Waals surface area contributed by atoms with E-state index in [2.05, 4.69) is 0 Å². The van der Waals surface area contributed by atoms with Crippen LogP contribution in [-0.4, -0.2) is 11.4 Å². The zero-order valence-electron chi connectivity index (χ0n) is 6.97. The molecule has 0 heterocycles. The van der Waals surface area contributed by atoms with Gasteiger partial charge in [-0.1, -0.05) is 19.8 Å². The molecule has 0 bridgehead atoms. The molecule has 2 atom stereocenters. The van der Waals surface area contributed by atoms with Crippen LogP contribution in [0, 0.1) is 5.92 Å². The van der Waals surface area contributed by atoms with Crippen LogP contribution in [0.3, 0.4) is 0 Å². The fraction of sp³-hybridized carbons (Fsp3) is 0.875. The van der Waals surface area contributed by atoms with Gasteiger partial charge in [-0.2, -0.15) is 0 Å². The molecule has 0 aromatic rings. The number of amides is 1. The van der Waals surface area contributed by atoms with Gasteiger partial charge in [0.1, 0.15) is 0 Å². The minimum absolute atomic E-state index is 0.244. The van der Waals surface area contributed by atoms with Crippen molar-refractivity contribution >= 4 is 5.91 Å². The van der Waals surface area contributed by atoms with Crippen LogP contribution in [-0.2, 0) is 4.79 Å². The van der Waals surface area contributed by atoms with Crippen LogP contribution in [0.15, 0.2) is 0 Å². The summed E-state index contributed by atoms with van der Waals surface area (Å²) in [6, 6.07) is 0. The van der Waals surface area contributed by atoms with Crippen LogP contribution in [0.2, 0.25) is 0 Å². The van der Waals surface area contributed by atoms with Gasteiger partial charge in [-0.3, -0.25) is 4.79 Å². The Balaban J connectivity index is 2.72. The second-order valence-electron chi connectivity index (χ2n) is 3.55. The van der Waals surface area contributed by atoms with Gasteiger partial charge in [0.05, 0.1) is 5.54 Å². The number of primary amides is 1. The Labute approximate surface area is 67.1 Å². The van der Waals surface area contributed by atoms with E-state index in [1.165, 1.54) is 6.42 Å². The minimum Gasteiger partial charge on any atom is -0.368 e. The van der Waals surface area contributed by atoms with Crippen molar-refractivity contribution in [3.8, 4) is 0 Å². The average molecular weight is 156 g/mol. The van der Waals surface area contributed by atoms with Crippen molar-refractivity contribution in [3.05, 3.63) is 0 Å². The van der Waals surface area contributed by atoms with E-state index in [0.29, 0.717) is 0 Å². The molecule has 3 nitrogen and oxygen atoms in total. The smallest absolute Gasteiger partial charge is 0.237 e. The van der Waals surface area contributed by atoms with E-state index in [9.17, 15) is 4.79 Å². The highest BCUT2D eigenvalue weighted by molar-refractivity contribution is 5.84.